The molecule has 34 heavy (non-hydrogen) atoms. The lowest BCUT2D eigenvalue weighted by atomic mass is 10.0. The molecule has 1 aromatic carbocycles. The monoisotopic (exact) mass is 472 g/mol. The molecule has 5 heteroatoms. The molecule has 1 aromatic rings. The number of rotatable bonds is 20. The van der Waals surface area contributed by atoms with Crippen molar-refractivity contribution in [3.63, 3.8) is 0 Å². The number of ether oxygens (including phenoxy) is 1. The Bertz CT molecular complexity index is 688. The summed E-state index contributed by atoms with van der Waals surface area (Å²) in [5.41, 5.74) is 0.589. The van der Waals surface area contributed by atoms with Crippen molar-refractivity contribution in [1.82, 2.24) is 5.32 Å². The molecule has 0 saturated carbocycles. The number of hydrogen-bond donors (Lipinski definition) is 2. The normalized spacial score (nSPS) is 11.0. The van der Waals surface area contributed by atoms with Crippen LogP contribution >= 0.6 is 0 Å². The second-order valence-corrected chi connectivity index (χ2v) is 9.14. The molecular weight excluding hydrogens is 424 g/mol. The molecule has 0 spiro atoms. The van der Waals surface area contributed by atoms with Gasteiger partial charge in [-0.1, -0.05) is 115 Å². The number of unbranched alkanes of at least 4 members (excludes halogenated alkanes) is 15. The highest BCUT2D eigenvalue weighted by atomic mass is 16.6. The molecule has 0 radical (unpaired) electrons. The van der Waals surface area contributed by atoms with Crippen LogP contribution in [0.25, 0.3) is 0 Å². The van der Waals surface area contributed by atoms with E-state index in [9.17, 15) is 9.59 Å². The number of nitrogens with one attached hydrogen (secondary N) is 2. The van der Waals surface area contributed by atoms with E-state index in [2.05, 4.69) is 17.6 Å². The van der Waals surface area contributed by atoms with E-state index in [1.54, 1.807) is 37.3 Å². The van der Waals surface area contributed by atoms with Crippen LogP contribution in [-0.4, -0.2) is 18.5 Å². The summed E-state index contributed by atoms with van der Waals surface area (Å²) in [7, 11) is 0. The van der Waals surface area contributed by atoms with Gasteiger partial charge in [-0.15, -0.1) is 0 Å². The fourth-order valence-corrected chi connectivity index (χ4v) is 3.98. The van der Waals surface area contributed by atoms with Crippen LogP contribution in [0.1, 0.15) is 117 Å². The summed E-state index contributed by atoms with van der Waals surface area (Å²) in [6.07, 6.45) is 24.0. The highest BCUT2D eigenvalue weighted by molar-refractivity contribution is 5.99. The van der Waals surface area contributed by atoms with E-state index in [0.717, 1.165) is 12.8 Å². The topological polar surface area (TPSA) is 67.4 Å². The van der Waals surface area contributed by atoms with E-state index < -0.39 is 6.09 Å². The van der Waals surface area contributed by atoms with Crippen molar-refractivity contribution in [2.24, 2.45) is 0 Å². The number of carbonyl (C=O) groups excluding carboxylic acids is 2. The minimum Gasteiger partial charge on any atom is -0.410 e. The second kappa shape index (κ2) is 21.2. The number of hydrogen-bond acceptors (Lipinski definition) is 3. The number of amides is 2. The molecule has 0 aliphatic rings. The summed E-state index contributed by atoms with van der Waals surface area (Å²) in [4.78, 5) is 23.6. The Morgan fingerprint density at radius 2 is 1.32 bits per heavy atom. The van der Waals surface area contributed by atoms with Crippen LogP contribution in [0.15, 0.2) is 36.4 Å². The van der Waals surface area contributed by atoms with E-state index in [0.29, 0.717) is 18.0 Å². The van der Waals surface area contributed by atoms with Crippen molar-refractivity contribution in [1.29, 1.82) is 0 Å². The molecule has 0 unspecified atom stereocenters. The van der Waals surface area contributed by atoms with Crippen LogP contribution in [0.3, 0.4) is 0 Å². The Kier molecular flexibility index (Phi) is 18.6. The zero-order valence-corrected chi connectivity index (χ0v) is 21.7. The molecule has 0 bridgehead atoms. The SMILES string of the molecule is CC=CC(=O)Nc1cccc(OC(=O)NCCCCCCCCCCCCCCCCCC)c1. The standard InChI is InChI=1S/C29H48N2O3/c1-3-5-6-7-8-9-10-11-12-13-14-15-16-17-18-19-24-30-29(33)34-27-23-20-22-26(25-27)31-28(32)21-4-2/h4,20-23,25H,3,5-19,24H2,1-2H3,(H,30,33)(H,31,32). The number of benzene rings is 1. The smallest absolute Gasteiger partial charge is 0.410 e. The van der Waals surface area contributed by atoms with Gasteiger partial charge in [-0.05, 0) is 31.6 Å². The lowest BCUT2D eigenvalue weighted by Crippen LogP contribution is -2.27. The van der Waals surface area contributed by atoms with Gasteiger partial charge in [-0.2, -0.15) is 0 Å². The van der Waals surface area contributed by atoms with Gasteiger partial charge in [0.1, 0.15) is 5.75 Å². The van der Waals surface area contributed by atoms with Gasteiger partial charge in [0, 0.05) is 18.3 Å². The van der Waals surface area contributed by atoms with Crippen molar-refractivity contribution in [3.8, 4) is 5.75 Å². The van der Waals surface area contributed by atoms with Gasteiger partial charge in [0.2, 0.25) is 5.91 Å². The maximum atomic E-state index is 12.0. The predicted molar refractivity (Wildman–Crippen MR) is 143 cm³/mol. The Labute approximate surface area is 208 Å². The zero-order valence-electron chi connectivity index (χ0n) is 21.7. The van der Waals surface area contributed by atoms with E-state index in [1.807, 2.05) is 0 Å². The summed E-state index contributed by atoms with van der Waals surface area (Å²) >= 11 is 0. The minimum atomic E-state index is -0.460. The molecule has 192 valence electrons. The first-order valence-corrected chi connectivity index (χ1v) is 13.6. The van der Waals surface area contributed by atoms with Gasteiger partial charge < -0.3 is 15.4 Å². The van der Waals surface area contributed by atoms with Gasteiger partial charge in [-0.3, -0.25) is 4.79 Å². The van der Waals surface area contributed by atoms with Gasteiger partial charge in [0.05, 0.1) is 0 Å². The summed E-state index contributed by atoms with van der Waals surface area (Å²) in [5.74, 6) is 0.190. The summed E-state index contributed by atoms with van der Waals surface area (Å²) in [6, 6.07) is 6.82. The molecule has 5 nitrogen and oxygen atoms in total. The van der Waals surface area contributed by atoms with E-state index in [1.165, 1.54) is 96.0 Å². The maximum Gasteiger partial charge on any atom is 0.412 e. The minimum absolute atomic E-state index is 0.215. The molecule has 0 atom stereocenters. The second-order valence-electron chi connectivity index (χ2n) is 9.14. The van der Waals surface area contributed by atoms with Crippen molar-refractivity contribution >= 4 is 17.7 Å². The molecule has 2 N–H and O–H groups in total. The molecule has 0 heterocycles. The van der Waals surface area contributed by atoms with E-state index >= 15 is 0 Å². The molecule has 0 fully saturated rings. The lowest BCUT2D eigenvalue weighted by molar-refractivity contribution is -0.111. The first-order valence-electron chi connectivity index (χ1n) is 13.6. The maximum absolute atomic E-state index is 12.0. The van der Waals surface area contributed by atoms with Crippen molar-refractivity contribution in [3.05, 3.63) is 36.4 Å². The average molecular weight is 473 g/mol. The molecule has 1 rings (SSSR count). The van der Waals surface area contributed by atoms with Crippen molar-refractivity contribution in [2.45, 2.75) is 117 Å². The van der Waals surface area contributed by atoms with Crippen LogP contribution in [0, 0.1) is 0 Å². The Hall–Kier alpha value is -2.30. The molecular formula is C29H48N2O3. The van der Waals surface area contributed by atoms with Crippen LogP contribution in [0.2, 0.25) is 0 Å². The van der Waals surface area contributed by atoms with E-state index in [-0.39, 0.29) is 5.91 Å². The van der Waals surface area contributed by atoms with Gasteiger partial charge >= 0.3 is 6.09 Å². The van der Waals surface area contributed by atoms with Gasteiger partial charge in [0.15, 0.2) is 0 Å². The summed E-state index contributed by atoms with van der Waals surface area (Å²) < 4.78 is 5.31. The van der Waals surface area contributed by atoms with Crippen molar-refractivity contribution < 1.29 is 14.3 Å². The number of anilines is 1. The molecule has 0 aromatic heterocycles. The van der Waals surface area contributed by atoms with E-state index in [4.69, 9.17) is 4.74 Å². The highest BCUT2D eigenvalue weighted by Gasteiger charge is 2.05. The Morgan fingerprint density at radius 3 is 1.85 bits per heavy atom. The largest absolute Gasteiger partial charge is 0.412 e. The van der Waals surface area contributed by atoms with Crippen LogP contribution in [0.4, 0.5) is 10.5 Å². The predicted octanol–water partition coefficient (Wildman–Crippen LogP) is 8.55. The summed E-state index contributed by atoms with van der Waals surface area (Å²) in [5, 5.41) is 5.52. The molecule has 2 amide bonds. The quantitative estimate of drug-likeness (QED) is 0.147. The number of carbonyl (C=O) groups is 2. The highest BCUT2D eigenvalue weighted by Crippen LogP contribution is 2.18. The van der Waals surface area contributed by atoms with Crippen LogP contribution < -0.4 is 15.4 Å². The Morgan fingerprint density at radius 1 is 0.794 bits per heavy atom. The van der Waals surface area contributed by atoms with Crippen LogP contribution in [0.5, 0.6) is 5.75 Å². The van der Waals surface area contributed by atoms with Crippen molar-refractivity contribution in [2.75, 3.05) is 11.9 Å². The lowest BCUT2D eigenvalue weighted by Gasteiger charge is -2.08. The molecule has 0 saturated heterocycles. The fraction of sp³-hybridized carbons (Fsp3) is 0.655. The first-order chi connectivity index (χ1) is 16.7. The summed E-state index contributed by atoms with van der Waals surface area (Å²) in [6.45, 7) is 4.67. The third-order valence-electron chi connectivity index (χ3n) is 5.93. The van der Waals surface area contributed by atoms with Gasteiger partial charge in [0.25, 0.3) is 0 Å². The average Bonchev–Trinajstić information content (AvgIpc) is 2.81. The number of allylic oxidation sites excluding steroid dienone is 1. The molecule has 0 aliphatic carbocycles. The van der Waals surface area contributed by atoms with Crippen LogP contribution in [-0.2, 0) is 4.79 Å². The Balaban J connectivity index is 1.93. The third kappa shape index (κ3) is 17.2. The van der Waals surface area contributed by atoms with Gasteiger partial charge in [-0.25, -0.2) is 4.79 Å². The zero-order chi connectivity index (χ0) is 24.7. The third-order valence-corrected chi connectivity index (χ3v) is 5.93. The first kappa shape index (κ1) is 29.7. The molecule has 0 aliphatic heterocycles. The fourth-order valence-electron chi connectivity index (χ4n) is 3.98.